The molecule has 84 valence electrons. The largest absolute Gasteiger partial charge is 0.0632 e. The summed E-state index contributed by atoms with van der Waals surface area (Å²) >= 11 is 0. The Labute approximate surface area is 98.4 Å². The molecule has 1 aromatic carbocycles. The summed E-state index contributed by atoms with van der Waals surface area (Å²) in [6.45, 7) is 4.61. The second-order valence-electron chi connectivity index (χ2n) is 5.48. The Morgan fingerprint density at radius 1 is 1.12 bits per heavy atom. The molecule has 0 saturated heterocycles. The van der Waals surface area contributed by atoms with E-state index in [1.54, 1.807) is 22.3 Å². The van der Waals surface area contributed by atoms with Crippen molar-refractivity contribution in [1.82, 2.24) is 0 Å². The number of allylic oxidation sites excluding steroid dienone is 2. The molecule has 0 nitrogen and oxygen atoms in total. The van der Waals surface area contributed by atoms with E-state index in [4.69, 9.17) is 0 Å². The Balaban J connectivity index is 2.15. The summed E-state index contributed by atoms with van der Waals surface area (Å²) < 4.78 is 0. The Kier molecular flexibility index (Phi) is 2.38. The molecule has 0 fully saturated rings. The standard InChI is InChI=1S/C16H20/c1-11-7-8-15-13(9-11)10-12(2)14-5-3-4-6-16(14)15/h7-9,12H,3-6,10H2,1-2H3. The van der Waals surface area contributed by atoms with Gasteiger partial charge in [0.2, 0.25) is 0 Å². The average molecular weight is 212 g/mol. The lowest BCUT2D eigenvalue weighted by Crippen LogP contribution is -2.16. The SMILES string of the molecule is Cc1ccc2c(c1)CC(C)C1=C2CCCC1. The van der Waals surface area contributed by atoms with Crippen LogP contribution < -0.4 is 0 Å². The molecule has 0 radical (unpaired) electrons. The number of benzene rings is 1. The van der Waals surface area contributed by atoms with Gasteiger partial charge in [-0.3, -0.25) is 0 Å². The zero-order chi connectivity index (χ0) is 11.1. The highest BCUT2D eigenvalue weighted by molar-refractivity contribution is 5.74. The number of hydrogen-bond acceptors (Lipinski definition) is 0. The van der Waals surface area contributed by atoms with Gasteiger partial charge in [-0.1, -0.05) is 36.3 Å². The molecule has 1 aromatic rings. The van der Waals surface area contributed by atoms with Gasteiger partial charge >= 0.3 is 0 Å². The molecule has 0 bridgehead atoms. The third-order valence-corrected chi connectivity index (χ3v) is 4.22. The van der Waals surface area contributed by atoms with E-state index in [0.717, 1.165) is 5.92 Å². The second-order valence-corrected chi connectivity index (χ2v) is 5.48. The molecule has 2 aliphatic carbocycles. The summed E-state index contributed by atoms with van der Waals surface area (Å²) in [7, 11) is 0. The maximum Gasteiger partial charge on any atom is -0.0185 e. The highest BCUT2D eigenvalue weighted by Crippen LogP contribution is 2.42. The van der Waals surface area contributed by atoms with Crippen molar-refractivity contribution < 1.29 is 0 Å². The van der Waals surface area contributed by atoms with Gasteiger partial charge in [0.05, 0.1) is 0 Å². The van der Waals surface area contributed by atoms with Crippen molar-refractivity contribution in [3.8, 4) is 0 Å². The van der Waals surface area contributed by atoms with Crippen LogP contribution in [-0.4, -0.2) is 0 Å². The first-order valence-electron chi connectivity index (χ1n) is 6.57. The van der Waals surface area contributed by atoms with E-state index >= 15 is 0 Å². The number of fused-ring (bicyclic) bond motifs is 2. The van der Waals surface area contributed by atoms with Crippen LogP contribution in [0.25, 0.3) is 5.57 Å². The minimum absolute atomic E-state index is 0.782. The van der Waals surface area contributed by atoms with Crippen molar-refractivity contribution in [2.24, 2.45) is 5.92 Å². The van der Waals surface area contributed by atoms with Crippen molar-refractivity contribution >= 4 is 5.57 Å². The highest BCUT2D eigenvalue weighted by atomic mass is 14.3. The summed E-state index contributed by atoms with van der Waals surface area (Å²) in [5.74, 6) is 0.782. The predicted octanol–water partition coefficient (Wildman–Crippen LogP) is 4.51. The van der Waals surface area contributed by atoms with Crippen LogP contribution in [0.3, 0.4) is 0 Å². The average Bonchev–Trinajstić information content (AvgIpc) is 2.29. The minimum atomic E-state index is 0.782. The molecule has 3 rings (SSSR count). The lowest BCUT2D eigenvalue weighted by atomic mass is 9.73. The summed E-state index contributed by atoms with van der Waals surface area (Å²) in [4.78, 5) is 0. The topological polar surface area (TPSA) is 0 Å². The van der Waals surface area contributed by atoms with Gasteiger partial charge in [0.15, 0.2) is 0 Å². The van der Waals surface area contributed by atoms with E-state index in [9.17, 15) is 0 Å². The maximum absolute atomic E-state index is 2.41. The van der Waals surface area contributed by atoms with Crippen molar-refractivity contribution in [3.05, 3.63) is 40.5 Å². The molecular formula is C16H20. The Morgan fingerprint density at radius 2 is 1.94 bits per heavy atom. The molecule has 16 heavy (non-hydrogen) atoms. The third-order valence-electron chi connectivity index (χ3n) is 4.22. The van der Waals surface area contributed by atoms with E-state index in [1.807, 2.05) is 0 Å². The van der Waals surface area contributed by atoms with Gasteiger partial charge in [-0.05, 0) is 61.6 Å². The molecule has 2 aliphatic rings. The van der Waals surface area contributed by atoms with Crippen LogP contribution in [-0.2, 0) is 6.42 Å². The van der Waals surface area contributed by atoms with E-state index in [0.29, 0.717) is 0 Å². The van der Waals surface area contributed by atoms with Crippen LogP contribution >= 0.6 is 0 Å². The summed E-state index contributed by atoms with van der Waals surface area (Å²) in [6.07, 6.45) is 6.72. The zero-order valence-corrected chi connectivity index (χ0v) is 10.3. The Bertz CT molecular complexity index is 451. The van der Waals surface area contributed by atoms with Crippen LogP contribution in [0.5, 0.6) is 0 Å². The van der Waals surface area contributed by atoms with Gasteiger partial charge in [-0.25, -0.2) is 0 Å². The first kappa shape index (κ1) is 10.1. The van der Waals surface area contributed by atoms with Crippen LogP contribution in [0, 0.1) is 12.8 Å². The minimum Gasteiger partial charge on any atom is -0.0632 e. The van der Waals surface area contributed by atoms with Crippen molar-refractivity contribution in [1.29, 1.82) is 0 Å². The molecule has 0 heterocycles. The van der Waals surface area contributed by atoms with Crippen LogP contribution in [0.1, 0.15) is 49.3 Å². The molecule has 1 atom stereocenters. The van der Waals surface area contributed by atoms with Gasteiger partial charge in [-0.15, -0.1) is 0 Å². The molecule has 1 unspecified atom stereocenters. The monoisotopic (exact) mass is 212 g/mol. The Morgan fingerprint density at radius 3 is 2.81 bits per heavy atom. The van der Waals surface area contributed by atoms with Crippen molar-refractivity contribution in [3.63, 3.8) is 0 Å². The molecule has 0 N–H and O–H groups in total. The van der Waals surface area contributed by atoms with E-state index < -0.39 is 0 Å². The van der Waals surface area contributed by atoms with Crippen LogP contribution in [0.15, 0.2) is 23.8 Å². The molecule has 0 aliphatic heterocycles. The third kappa shape index (κ3) is 1.52. The molecule has 0 amide bonds. The highest BCUT2D eigenvalue weighted by Gasteiger charge is 2.25. The lowest BCUT2D eigenvalue weighted by molar-refractivity contribution is 0.580. The molecule has 0 aromatic heterocycles. The van der Waals surface area contributed by atoms with Gasteiger partial charge < -0.3 is 0 Å². The van der Waals surface area contributed by atoms with Crippen molar-refractivity contribution in [2.75, 3.05) is 0 Å². The lowest BCUT2D eigenvalue weighted by Gasteiger charge is -2.32. The first-order chi connectivity index (χ1) is 7.75. The number of rotatable bonds is 0. The zero-order valence-electron chi connectivity index (χ0n) is 10.3. The molecule has 0 heteroatoms. The van der Waals surface area contributed by atoms with E-state index in [-0.39, 0.29) is 0 Å². The van der Waals surface area contributed by atoms with Gasteiger partial charge in [0.25, 0.3) is 0 Å². The van der Waals surface area contributed by atoms with Gasteiger partial charge in [0.1, 0.15) is 0 Å². The fraction of sp³-hybridized carbons (Fsp3) is 0.500. The van der Waals surface area contributed by atoms with Crippen molar-refractivity contribution in [2.45, 2.75) is 46.0 Å². The normalized spacial score (nSPS) is 24.0. The second kappa shape index (κ2) is 3.76. The van der Waals surface area contributed by atoms with E-state index in [1.165, 1.54) is 37.7 Å². The maximum atomic E-state index is 2.41. The fourth-order valence-electron chi connectivity index (χ4n) is 3.42. The fourth-order valence-corrected chi connectivity index (χ4v) is 3.42. The number of hydrogen-bond donors (Lipinski definition) is 0. The van der Waals surface area contributed by atoms with Gasteiger partial charge in [-0.2, -0.15) is 0 Å². The molecule has 0 saturated carbocycles. The van der Waals surface area contributed by atoms with Gasteiger partial charge in [0, 0.05) is 0 Å². The Hall–Kier alpha value is -1.04. The predicted molar refractivity (Wildman–Crippen MR) is 69.4 cm³/mol. The van der Waals surface area contributed by atoms with Crippen LogP contribution in [0.4, 0.5) is 0 Å². The summed E-state index contributed by atoms with van der Waals surface area (Å²) in [5.41, 5.74) is 8.03. The molecule has 0 spiro atoms. The first-order valence-corrected chi connectivity index (χ1v) is 6.57. The van der Waals surface area contributed by atoms with Crippen LogP contribution in [0.2, 0.25) is 0 Å². The number of aryl methyl sites for hydroxylation is 1. The van der Waals surface area contributed by atoms with E-state index in [2.05, 4.69) is 32.0 Å². The molecular weight excluding hydrogens is 192 g/mol. The smallest absolute Gasteiger partial charge is 0.0185 e. The summed E-state index contributed by atoms with van der Waals surface area (Å²) in [5, 5.41) is 0. The summed E-state index contributed by atoms with van der Waals surface area (Å²) in [6, 6.07) is 7.02. The quantitative estimate of drug-likeness (QED) is 0.593.